The summed E-state index contributed by atoms with van der Waals surface area (Å²) in [7, 11) is 3.20. The van der Waals surface area contributed by atoms with Crippen LogP contribution in [0.3, 0.4) is 0 Å². The molecule has 3 aromatic rings. The van der Waals surface area contributed by atoms with E-state index in [1.165, 1.54) is 11.3 Å². The lowest BCUT2D eigenvalue weighted by Gasteiger charge is -2.08. The topological polar surface area (TPSA) is 52.8 Å². The summed E-state index contributed by atoms with van der Waals surface area (Å²) in [5, 5.41) is 0. The number of methoxy groups -OCH3 is 2. The summed E-state index contributed by atoms with van der Waals surface area (Å²) in [4.78, 5) is 18.8. The number of rotatable bonds is 7. The molecule has 1 heterocycles. The fraction of sp³-hybridized carbons (Fsp3) is 0.238. The van der Waals surface area contributed by atoms with E-state index in [9.17, 15) is 4.79 Å². The van der Waals surface area contributed by atoms with Crippen LogP contribution in [0.4, 0.5) is 0 Å². The summed E-state index contributed by atoms with van der Waals surface area (Å²) in [5.74, 6) is 2.00. The molecule has 1 aromatic heterocycles. The Labute approximate surface area is 172 Å². The smallest absolute Gasteiger partial charge is 0.279 e. The number of carbonyl (C=O) groups excluding carboxylic acids is 1. The molecule has 0 unspecified atom stereocenters. The maximum atomic E-state index is 12.7. The van der Waals surface area contributed by atoms with Gasteiger partial charge in [-0.25, -0.2) is 0 Å². The first kappa shape index (κ1) is 20.2. The van der Waals surface area contributed by atoms with E-state index in [-0.39, 0.29) is 5.91 Å². The lowest BCUT2D eigenvalue weighted by Crippen LogP contribution is -2.16. The molecule has 28 heavy (non-hydrogen) atoms. The van der Waals surface area contributed by atoms with Crippen molar-refractivity contribution in [2.24, 2.45) is 4.99 Å². The summed E-state index contributed by atoms with van der Waals surface area (Å²) in [6.45, 7) is 6.46. The van der Waals surface area contributed by atoms with Crippen molar-refractivity contribution in [1.29, 1.82) is 0 Å². The van der Waals surface area contributed by atoms with Gasteiger partial charge in [0.15, 0.2) is 16.3 Å². The number of hydrogen-bond acceptors (Lipinski definition) is 5. The highest BCUT2D eigenvalue weighted by atomic mass is 32.2. The van der Waals surface area contributed by atoms with Crippen LogP contribution in [0.1, 0.15) is 17.3 Å². The molecule has 0 bridgehead atoms. The van der Waals surface area contributed by atoms with E-state index >= 15 is 0 Å². The van der Waals surface area contributed by atoms with Crippen molar-refractivity contribution in [3.63, 3.8) is 0 Å². The Bertz CT molecular complexity index is 1070. The molecule has 2 aromatic carbocycles. The van der Waals surface area contributed by atoms with E-state index < -0.39 is 0 Å². The Morgan fingerprint density at radius 1 is 1.21 bits per heavy atom. The highest BCUT2D eigenvalue weighted by molar-refractivity contribution is 7.99. The van der Waals surface area contributed by atoms with Crippen LogP contribution in [0, 0.1) is 0 Å². The predicted octanol–water partition coefficient (Wildman–Crippen LogP) is 4.76. The summed E-state index contributed by atoms with van der Waals surface area (Å²) < 4.78 is 13.7. The Morgan fingerprint density at radius 3 is 2.50 bits per heavy atom. The summed E-state index contributed by atoms with van der Waals surface area (Å²) >= 11 is 3.17. The molecule has 0 radical (unpaired) electrons. The average molecular weight is 415 g/mol. The van der Waals surface area contributed by atoms with E-state index in [4.69, 9.17) is 9.47 Å². The van der Waals surface area contributed by atoms with Crippen LogP contribution in [-0.2, 0) is 6.54 Å². The first-order valence-corrected chi connectivity index (χ1v) is 10.6. The van der Waals surface area contributed by atoms with Crippen LogP contribution in [0.2, 0.25) is 0 Å². The second kappa shape index (κ2) is 9.12. The van der Waals surface area contributed by atoms with Crippen LogP contribution in [0.25, 0.3) is 10.2 Å². The molecule has 0 aliphatic carbocycles. The Balaban J connectivity index is 2.08. The van der Waals surface area contributed by atoms with Crippen LogP contribution < -0.4 is 14.3 Å². The molecule has 0 spiro atoms. The average Bonchev–Trinajstić information content (AvgIpc) is 3.04. The number of thiazole rings is 1. The summed E-state index contributed by atoms with van der Waals surface area (Å²) in [6.07, 6.45) is 1.78. The van der Waals surface area contributed by atoms with Crippen molar-refractivity contribution in [2.45, 2.75) is 18.4 Å². The summed E-state index contributed by atoms with van der Waals surface area (Å²) in [5.41, 5.74) is 1.49. The molecule has 0 saturated heterocycles. The van der Waals surface area contributed by atoms with Crippen molar-refractivity contribution in [3.8, 4) is 11.5 Å². The van der Waals surface area contributed by atoms with Gasteiger partial charge in [-0.05, 0) is 30.0 Å². The van der Waals surface area contributed by atoms with Crippen molar-refractivity contribution >= 4 is 39.2 Å². The third kappa shape index (κ3) is 4.15. The van der Waals surface area contributed by atoms with Gasteiger partial charge in [0.25, 0.3) is 5.91 Å². The van der Waals surface area contributed by atoms with E-state index in [0.29, 0.717) is 28.4 Å². The first-order chi connectivity index (χ1) is 13.6. The van der Waals surface area contributed by atoms with Gasteiger partial charge in [-0.2, -0.15) is 4.99 Å². The zero-order valence-corrected chi connectivity index (χ0v) is 17.7. The van der Waals surface area contributed by atoms with Crippen LogP contribution in [0.15, 0.2) is 58.9 Å². The second-order valence-corrected chi connectivity index (χ2v) is 8.18. The van der Waals surface area contributed by atoms with E-state index in [1.54, 1.807) is 32.1 Å². The van der Waals surface area contributed by atoms with Crippen LogP contribution in [0.5, 0.6) is 11.5 Å². The number of amides is 1. The third-order valence-electron chi connectivity index (χ3n) is 4.11. The number of allylic oxidation sites excluding steroid dienone is 1. The molecular formula is C21H22N2O3S2. The quantitative estimate of drug-likeness (QED) is 0.413. The van der Waals surface area contributed by atoms with Gasteiger partial charge >= 0.3 is 0 Å². The Kier molecular flexibility index (Phi) is 6.59. The number of fused-ring (bicyclic) bond motifs is 1. The monoisotopic (exact) mass is 414 g/mol. The minimum Gasteiger partial charge on any atom is -0.493 e. The third-order valence-corrected chi connectivity index (χ3v) is 6.04. The lowest BCUT2D eigenvalue weighted by atomic mass is 10.2. The van der Waals surface area contributed by atoms with E-state index in [0.717, 1.165) is 20.9 Å². The van der Waals surface area contributed by atoms with Gasteiger partial charge in [0.1, 0.15) is 0 Å². The molecule has 3 rings (SSSR count). The maximum Gasteiger partial charge on any atom is 0.279 e. The van der Waals surface area contributed by atoms with Crippen molar-refractivity contribution in [3.05, 3.63) is 59.4 Å². The number of nitrogens with zero attached hydrogens (tertiary/aromatic N) is 2. The van der Waals surface area contributed by atoms with Crippen molar-refractivity contribution < 1.29 is 14.3 Å². The van der Waals surface area contributed by atoms with Gasteiger partial charge in [0, 0.05) is 29.1 Å². The number of thioether (sulfide) groups is 1. The number of carbonyl (C=O) groups is 1. The largest absolute Gasteiger partial charge is 0.493 e. The highest BCUT2D eigenvalue weighted by Gasteiger charge is 2.13. The SMILES string of the molecule is C=CCn1c(=NC(=O)c2ccc(SCC)cc2)sc2cc(OC)c(OC)cc21. The summed E-state index contributed by atoms with van der Waals surface area (Å²) in [6, 6.07) is 11.3. The van der Waals surface area contributed by atoms with Gasteiger partial charge in [0.2, 0.25) is 0 Å². The first-order valence-electron chi connectivity index (χ1n) is 8.79. The number of aromatic nitrogens is 1. The standard InChI is InChI=1S/C21H22N2O3S2/c1-5-11-23-16-12-17(25-3)18(26-4)13-19(16)28-21(23)22-20(24)14-7-9-15(10-8-14)27-6-2/h5,7-10,12-13H,1,6,11H2,2-4H3. The lowest BCUT2D eigenvalue weighted by molar-refractivity contribution is 0.0998. The fourth-order valence-electron chi connectivity index (χ4n) is 2.80. The minimum absolute atomic E-state index is 0.267. The van der Waals surface area contributed by atoms with Gasteiger partial charge in [-0.3, -0.25) is 4.79 Å². The number of ether oxygens (including phenoxy) is 2. The van der Waals surface area contributed by atoms with Crippen LogP contribution >= 0.6 is 23.1 Å². The van der Waals surface area contributed by atoms with Crippen molar-refractivity contribution in [1.82, 2.24) is 4.57 Å². The van der Waals surface area contributed by atoms with Gasteiger partial charge in [0.05, 0.1) is 24.4 Å². The molecular weight excluding hydrogens is 392 g/mol. The minimum atomic E-state index is -0.267. The van der Waals surface area contributed by atoms with Gasteiger partial charge < -0.3 is 14.0 Å². The molecule has 146 valence electrons. The number of hydrogen-bond donors (Lipinski definition) is 0. The molecule has 0 N–H and O–H groups in total. The predicted molar refractivity (Wildman–Crippen MR) is 116 cm³/mol. The fourth-order valence-corrected chi connectivity index (χ4v) is 4.51. The Morgan fingerprint density at radius 2 is 1.89 bits per heavy atom. The molecule has 7 heteroatoms. The normalized spacial score (nSPS) is 11.6. The molecule has 5 nitrogen and oxygen atoms in total. The molecule has 0 aliphatic heterocycles. The molecule has 0 fully saturated rings. The highest BCUT2D eigenvalue weighted by Crippen LogP contribution is 2.33. The molecule has 0 aliphatic rings. The second-order valence-electron chi connectivity index (χ2n) is 5.83. The molecule has 1 amide bonds. The van der Waals surface area contributed by atoms with E-state index in [1.807, 2.05) is 41.0 Å². The van der Waals surface area contributed by atoms with Gasteiger partial charge in [-0.1, -0.05) is 24.3 Å². The zero-order valence-electron chi connectivity index (χ0n) is 16.1. The maximum absolute atomic E-state index is 12.7. The van der Waals surface area contributed by atoms with E-state index in [2.05, 4.69) is 18.5 Å². The molecule has 0 atom stereocenters. The Hall–Kier alpha value is -2.51. The van der Waals surface area contributed by atoms with Gasteiger partial charge in [-0.15, -0.1) is 18.3 Å². The van der Waals surface area contributed by atoms with Crippen LogP contribution in [-0.4, -0.2) is 30.4 Å². The molecule has 0 saturated carbocycles. The zero-order chi connectivity index (χ0) is 20.1. The van der Waals surface area contributed by atoms with Crippen molar-refractivity contribution in [2.75, 3.05) is 20.0 Å². The number of benzene rings is 2.